The smallest absolute Gasteiger partial charge is 0.248 e. The fraction of sp³-hybridized carbons (Fsp3) is 0.333. The van der Waals surface area contributed by atoms with Crippen molar-refractivity contribution in [2.24, 2.45) is 5.73 Å². The van der Waals surface area contributed by atoms with E-state index in [4.69, 9.17) is 5.73 Å². The van der Waals surface area contributed by atoms with Crippen LogP contribution >= 0.6 is 0 Å². The predicted octanol–water partition coefficient (Wildman–Crippen LogP) is 2.54. The molecule has 3 aromatic rings. The van der Waals surface area contributed by atoms with Crippen molar-refractivity contribution in [2.45, 2.75) is 45.8 Å². The molecule has 2 heterocycles. The topological polar surface area (TPSA) is 119 Å². The van der Waals surface area contributed by atoms with Crippen molar-refractivity contribution in [2.75, 3.05) is 5.32 Å². The van der Waals surface area contributed by atoms with Crippen LogP contribution in [0.1, 0.15) is 32.0 Å². The number of aliphatic hydroxyl groups excluding tert-OH is 1. The largest absolute Gasteiger partial charge is 0.381 e. The number of nitrogens with two attached hydrogens (primary N) is 1. The number of carbonyl (C=O) groups excluding carboxylic acids is 1. The molecular weight excluding hydrogens is 368 g/mol. The normalized spacial score (nSPS) is 12.6. The summed E-state index contributed by atoms with van der Waals surface area (Å²) in [5, 5.41) is 17.1. The molecule has 152 valence electrons. The second-order valence-electron chi connectivity index (χ2n) is 8.10. The van der Waals surface area contributed by atoms with Gasteiger partial charge in [-0.2, -0.15) is 5.10 Å². The molecule has 0 spiro atoms. The minimum atomic E-state index is -1.27. The van der Waals surface area contributed by atoms with E-state index in [0.29, 0.717) is 5.95 Å². The Labute approximate surface area is 169 Å². The zero-order valence-corrected chi connectivity index (χ0v) is 17.0. The van der Waals surface area contributed by atoms with Crippen molar-refractivity contribution in [3.8, 4) is 11.1 Å². The Morgan fingerprint density at radius 2 is 2.03 bits per heavy atom. The predicted molar refractivity (Wildman–Crippen MR) is 112 cm³/mol. The number of nitrogens with zero attached hydrogens (tertiary/aromatic N) is 4. The molecule has 0 radical (unpaired) electrons. The van der Waals surface area contributed by atoms with Crippen LogP contribution in [0.3, 0.4) is 0 Å². The zero-order valence-electron chi connectivity index (χ0n) is 17.0. The van der Waals surface area contributed by atoms with Gasteiger partial charge in [-0.3, -0.25) is 9.48 Å². The number of rotatable bonds is 6. The second-order valence-corrected chi connectivity index (χ2v) is 8.10. The lowest BCUT2D eigenvalue weighted by Crippen LogP contribution is -2.32. The first kappa shape index (κ1) is 20.5. The summed E-state index contributed by atoms with van der Waals surface area (Å²) in [5.41, 5.74) is 9.71. The van der Waals surface area contributed by atoms with Crippen LogP contribution in [0, 0.1) is 6.92 Å². The number of carbonyl (C=O) groups is 1. The average Bonchev–Trinajstić information content (AvgIpc) is 3.09. The molecule has 29 heavy (non-hydrogen) atoms. The third kappa shape index (κ3) is 5.17. The van der Waals surface area contributed by atoms with Gasteiger partial charge in [0.1, 0.15) is 0 Å². The van der Waals surface area contributed by atoms with Crippen LogP contribution in [0.2, 0.25) is 0 Å². The van der Waals surface area contributed by atoms with Gasteiger partial charge in [-0.25, -0.2) is 9.97 Å². The zero-order chi connectivity index (χ0) is 21.2. The minimum absolute atomic E-state index is 0.0136. The van der Waals surface area contributed by atoms with Gasteiger partial charge in [-0.05, 0) is 36.2 Å². The lowest BCUT2D eigenvalue weighted by molar-refractivity contribution is -0.126. The first-order valence-electron chi connectivity index (χ1n) is 9.34. The molecule has 1 amide bonds. The number of primary amides is 1. The van der Waals surface area contributed by atoms with E-state index in [2.05, 4.69) is 41.2 Å². The fourth-order valence-corrected chi connectivity index (χ4v) is 2.87. The molecule has 8 heteroatoms. The van der Waals surface area contributed by atoms with Crippen molar-refractivity contribution in [3.63, 3.8) is 0 Å². The molecule has 0 fully saturated rings. The summed E-state index contributed by atoms with van der Waals surface area (Å²) in [6.45, 7) is 8.34. The van der Waals surface area contributed by atoms with Crippen LogP contribution in [0.4, 0.5) is 11.6 Å². The Bertz CT molecular complexity index is 1020. The van der Waals surface area contributed by atoms with Gasteiger partial charge in [0, 0.05) is 29.1 Å². The van der Waals surface area contributed by atoms with Crippen LogP contribution in [0.25, 0.3) is 11.1 Å². The number of hydrogen-bond acceptors (Lipinski definition) is 6. The number of aryl methyl sites for hydroxylation is 1. The van der Waals surface area contributed by atoms with Gasteiger partial charge in [-0.1, -0.05) is 26.8 Å². The van der Waals surface area contributed by atoms with E-state index < -0.39 is 12.0 Å². The average molecular weight is 394 g/mol. The maximum atomic E-state index is 11.0. The summed E-state index contributed by atoms with van der Waals surface area (Å²) in [4.78, 5) is 20.0. The maximum absolute atomic E-state index is 11.0. The number of aliphatic hydroxyl groups is 1. The highest BCUT2D eigenvalue weighted by molar-refractivity contribution is 5.78. The van der Waals surface area contributed by atoms with Gasteiger partial charge in [0.15, 0.2) is 6.10 Å². The lowest BCUT2D eigenvalue weighted by Gasteiger charge is -2.18. The number of amides is 1. The molecule has 1 atom stereocenters. The molecule has 0 unspecified atom stereocenters. The highest BCUT2D eigenvalue weighted by Gasteiger charge is 2.16. The van der Waals surface area contributed by atoms with Crippen molar-refractivity contribution >= 4 is 17.5 Å². The van der Waals surface area contributed by atoms with E-state index in [1.807, 2.05) is 31.2 Å². The van der Waals surface area contributed by atoms with Crippen LogP contribution in [0.15, 0.2) is 42.9 Å². The minimum Gasteiger partial charge on any atom is -0.381 e. The van der Waals surface area contributed by atoms with E-state index >= 15 is 0 Å². The van der Waals surface area contributed by atoms with Crippen molar-refractivity contribution in [1.29, 1.82) is 0 Å². The molecule has 0 saturated carbocycles. The molecule has 0 aliphatic heterocycles. The van der Waals surface area contributed by atoms with Crippen LogP contribution in [0.5, 0.6) is 0 Å². The van der Waals surface area contributed by atoms with E-state index in [1.165, 1.54) is 4.68 Å². The third-order valence-corrected chi connectivity index (χ3v) is 4.41. The lowest BCUT2D eigenvalue weighted by atomic mass is 9.92. The highest BCUT2D eigenvalue weighted by atomic mass is 16.3. The monoisotopic (exact) mass is 394 g/mol. The quantitative estimate of drug-likeness (QED) is 0.591. The standard InChI is InChI=1S/C21H26N6O2/c1-13-7-14(15-10-24-27(11-15)12-17(28)19(22)29)9-16(8-13)25-20-23-6-5-18(26-20)21(2,3)4/h5-11,17,28H,12H2,1-4H3,(H2,22,29)(H,23,25,26)/t17-/m0/s1. The molecule has 0 aliphatic rings. The molecule has 1 aromatic carbocycles. The molecule has 4 N–H and O–H groups in total. The number of nitrogens with one attached hydrogen (secondary N) is 1. The molecule has 0 saturated heterocycles. The molecule has 0 aliphatic carbocycles. The Morgan fingerprint density at radius 1 is 1.28 bits per heavy atom. The van der Waals surface area contributed by atoms with E-state index in [1.54, 1.807) is 18.6 Å². The summed E-state index contributed by atoms with van der Waals surface area (Å²) in [6.07, 6.45) is 3.93. The summed E-state index contributed by atoms with van der Waals surface area (Å²) in [6, 6.07) is 7.94. The van der Waals surface area contributed by atoms with Crippen molar-refractivity contribution < 1.29 is 9.90 Å². The van der Waals surface area contributed by atoms with Gasteiger partial charge in [-0.15, -0.1) is 0 Å². The van der Waals surface area contributed by atoms with Gasteiger partial charge in [0.05, 0.1) is 18.4 Å². The molecule has 2 aromatic heterocycles. The molecule has 8 nitrogen and oxygen atoms in total. The van der Waals surface area contributed by atoms with Crippen molar-refractivity contribution in [3.05, 3.63) is 54.1 Å². The SMILES string of the molecule is Cc1cc(Nc2nccc(C(C)(C)C)n2)cc(-c2cnn(C[C@H](O)C(N)=O)c2)c1. The number of benzene rings is 1. The second kappa shape index (κ2) is 8.00. The van der Waals surface area contributed by atoms with Gasteiger partial charge < -0.3 is 16.2 Å². The molecule has 3 rings (SSSR count). The van der Waals surface area contributed by atoms with E-state index in [-0.39, 0.29) is 12.0 Å². The first-order valence-corrected chi connectivity index (χ1v) is 9.34. The first-order chi connectivity index (χ1) is 13.6. The Hall–Kier alpha value is -3.26. The number of aromatic nitrogens is 4. The fourth-order valence-electron chi connectivity index (χ4n) is 2.87. The highest BCUT2D eigenvalue weighted by Crippen LogP contribution is 2.27. The van der Waals surface area contributed by atoms with Crippen LogP contribution in [-0.4, -0.2) is 36.9 Å². The van der Waals surface area contributed by atoms with Crippen LogP contribution in [-0.2, 0) is 16.8 Å². The summed E-state index contributed by atoms with van der Waals surface area (Å²) in [7, 11) is 0. The van der Waals surface area contributed by atoms with Crippen LogP contribution < -0.4 is 11.1 Å². The van der Waals surface area contributed by atoms with Gasteiger partial charge in [0.25, 0.3) is 0 Å². The Balaban J connectivity index is 1.84. The van der Waals surface area contributed by atoms with Gasteiger partial charge >= 0.3 is 0 Å². The summed E-state index contributed by atoms with van der Waals surface area (Å²) in [5.74, 6) is -0.240. The Morgan fingerprint density at radius 3 is 2.72 bits per heavy atom. The van der Waals surface area contributed by atoms with Crippen molar-refractivity contribution in [1.82, 2.24) is 19.7 Å². The summed E-state index contributed by atoms with van der Waals surface area (Å²) >= 11 is 0. The molecular formula is C21H26N6O2. The summed E-state index contributed by atoms with van der Waals surface area (Å²) < 4.78 is 1.50. The van der Waals surface area contributed by atoms with E-state index in [0.717, 1.165) is 28.1 Å². The number of hydrogen-bond donors (Lipinski definition) is 3. The van der Waals surface area contributed by atoms with E-state index in [9.17, 15) is 9.90 Å². The maximum Gasteiger partial charge on any atom is 0.248 e. The number of anilines is 2. The third-order valence-electron chi connectivity index (χ3n) is 4.41. The Kier molecular flexibility index (Phi) is 5.65. The van der Waals surface area contributed by atoms with Gasteiger partial charge in [0.2, 0.25) is 11.9 Å². The molecule has 0 bridgehead atoms.